The number of carbonyl (C=O) groups is 1. The van der Waals surface area contributed by atoms with Crippen molar-refractivity contribution in [3.63, 3.8) is 0 Å². The lowest BCUT2D eigenvalue weighted by Crippen LogP contribution is -2.36. The summed E-state index contributed by atoms with van der Waals surface area (Å²) in [4.78, 5) is 12.6. The molecule has 1 amide bonds. The summed E-state index contributed by atoms with van der Waals surface area (Å²) in [6.45, 7) is 10.9. The van der Waals surface area contributed by atoms with E-state index in [0.29, 0.717) is 24.2 Å². The summed E-state index contributed by atoms with van der Waals surface area (Å²) in [6.07, 6.45) is 3.03. The van der Waals surface area contributed by atoms with Crippen molar-refractivity contribution in [3.8, 4) is 0 Å². The Morgan fingerprint density at radius 3 is 2.48 bits per heavy atom. The molecule has 3 nitrogen and oxygen atoms in total. The summed E-state index contributed by atoms with van der Waals surface area (Å²) in [6, 6.07) is 8.47. The molecule has 2 rings (SSSR count). The molecule has 2 unspecified atom stereocenters. The Morgan fingerprint density at radius 2 is 1.87 bits per heavy atom. The summed E-state index contributed by atoms with van der Waals surface area (Å²) in [5, 5.41) is 6.69. The van der Waals surface area contributed by atoms with E-state index in [1.54, 1.807) is 0 Å². The van der Waals surface area contributed by atoms with Crippen LogP contribution in [0.2, 0.25) is 0 Å². The van der Waals surface area contributed by atoms with Crippen LogP contribution in [0.25, 0.3) is 0 Å². The molecule has 0 saturated carbocycles. The van der Waals surface area contributed by atoms with Crippen LogP contribution in [-0.2, 0) is 4.79 Å². The van der Waals surface area contributed by atoms with E-state index < -0.39 is 0 Å². The number of hydrogen-bond donors (Lipinski definition) is 2. The van der Waals surface area contributed by atoms with Gasteiger partial charge in [0.25, 0.3) is 0 Å². The summed E-state index contributed by atoms with van der Waals surface area (Å²) >= 11 is 0. The molecule has 128 valence electrons. The third-order valence-corrected chi connectivity index (χ3v) is 5.20. The fourth-order valence-electron chi connectivity index (χ4n) is 3.64. The van der Waals surface area contributed by atoms with Crippen molar-refractivity contribution in [2.75, 3.05) is 13.1 Å². The van der Waals surface area contributed by atoms with Crippen LogP contribution in [0.1, 0.15) is 57.2 Å². The van der Waals surface area contributed by atoms with Gasteiger partial charge in [0.1, 0.15) is 0 Å². The summed E-state index contributed by atoms with van der Waals surface area (Å²) in [7, 11) is 0. The monoisotopic (exact) mass is 316 g/mol. The standard InChI is InChI=1S/C20H32N2O/c1-14(2)20(18-8-6-5-7-15(18)3)22-19(23)13-16(4)17-9-11-21-12-10-17/h5-8,14,16-17,20-21H,9-13H2,1-4H3,(H,22,23). The van der Waals surface area contributed by atoms with Crippen molar-refractivity contribution in [2.45, 2.75) is 53.0 Å². The smallest absolute Gasteiger partial charge is 0.220 e. The maximum absolute atomic E-state index is 12.6. The molecule has 2 atom stereocenters. The first-order valence-corrected chi connectivity index (χ1v) is 9.04. The fourth-order valence-corrected chi connectivity index (χ4v) is 3.64. The van der Waals surface area contributed by atoms with Gasteiger partial charge in [0.15, 0.2) is 0 Å². The minimum Gasteiger partial charge on any atom is -0.349 e. The Balaban J connectivity index is 1.97. The van der Waals surface area contributed by atoms with E-state index >= 15 is 0 Å². The van der Waals surface area contributed by atoms with Gasteiger partial charge >= 0.3 is 0 Å². The number of amides is 1. The molecule has 0 radical (unpaired) electrons. The van der Waals surface area contributed by atoms with E-state index in [1.165, 1.54) is 24.0 Å². The summed E-state index contributed by atoms with van der Waals surface area (Å²) in [5.41, 5.74) is 2.49. The Kier molecular flexibility index (Phi) is 6.64. The van der Waals surface area contributed by atoms with Gasteiger partial charge in [-0.3, -0.25) is 4.79 Å². The van der Waals surface area contributed by atoms with Crippen LogP contribution < -0.4 is 10.6 Å². The minimum absolute atomic E-state index is 0.101. The van der Waals surface area contributed by atoms with Crippen LogP contribution in [0, 0.1) is 24.7 Å². The highest BCUT2D eigenvalue weighted by molar-refractivity contribution is 5.76. The third kappa shape index (κ3) is 5.07. The van der Waals surface area contributed by atoms with Crippen molar-refractivity contribution >= 4 is 5.91 Å². The molecule has 1 saturated heterocycles. The van der Waals surface area contributed by atoms with Gasteiger partial charge < -0.3 is 10.6 Å². The second-order valence-corrected chi connectivity index (χ2v) is 7.41. The second kappa shape index (κ2) is 8.49. The van der Waals surface area contributed by atoms with E-state index in [9.17, 15) is 4.79 Å². The number of nitrogens with one attached hydrogen (secondary N) is 2. The highest BCUT2D eigenvalue weighted by atomic mass is 16.1. The maximum atomic E-state index is 12.6. The highest BCUT2D eigenvalue weighted by Crippen LogP contribution is 2.27. The van der Waals surface area contributed by atoms with E-state index in [-0.39, 0.29) is 11.9 Å². The van der Waals surface area contributed by atoms with E-state index in [4.69, 9.17) is 0 Å². The zero-order chi connectivity index (χ0) is 16.8. The predicted molar refractivity (Wildman–Crippen MR) is 96.3 cm³/mol. The van der Waals surface area contributed by atoms with Crippen molar-refractivity contribution in [1.29, 1.82) is 0 Å². The lowest BCUT2D eigenvalue weighted by atomic mass is 9.83. The van der Waals surface area contributed by atoms with E-state index in [0.717, 1.165) is 13.1 Å². The number of carbonyl (C=O) groups excluding carboxylic acids is 1. The second-order valence-electron chi connectivity index (χ2n) is 7.41. The number of rotatable bonds is 6. The molecule has 1 aromatic rings. The van der Waals surface area contributed by atoms with Gasteiger partial charge in [-0.25, -0.2) is 0 Å². The first kappa shape index (κ1) is 18.0. The first-order chi connectivity index (χ1) is 11.0. The average Bonchev–Trinajstić information content (AvgIpc) is 2.54. The van der Waals surface area contributed by atoms with Crippen molar-refractivity contribution in [2.24, 2.45) is 17.8 Å². The zero-order valence-corrected chi connectivity index (χ0v) is 15.1. The fraction of sp³-hybridized carbons (Fsp3) is 0.650. The molecule has 1 heterocycles. The van der Waals surface area contributed by atoms with Gasteiger partial charge in [-0.1, -0.05) is 45.0 Å². The minimum atomic E-state index is 0.101. The van der Waals surface area contributed by atoms with Crippen LogP contribution >= 0.6 is 0 Å². The molecule has 1 aliphatic heterocycles. The molecular weight excluding hydrogens is 284 g/mol. The van der Waals surface area contributed by atoms with Crippen LogP contribution in [0.15, 0.2) is 24.3 Å². The lowest BCUT2D eigenvalue weighted by molar-refractivity contribution is -0.123. The van der Waals surface area contributed by atoms with Crippen LogP contribution in [0.5, 0.6) is 0 Å². The predicted octanol–water partition coefficient (Wildman–Crippen LogP) is 3.83. The summed E-state index contributed by atoms with van der Waals surface area (Å²) in [5.74, 6) is 1.71. The molecule has 0 spiro atoms. The molecule has 0 aromatic heterocycles. The van der Waals surface area contributed by atoms with Crippen LogP contribution in [0.3, 0.4) is 0 Å². The van der Waals surface area contributed by atoms with Crippen molar-refractivity contribution < 1.29 is 4.79 Å². The number of aryl methyl sites for hydroxylation is 1. The highest BCUT2D eigenvalue weighted by Gasteiger charge is 2.24. The van der Waals surface area contributed by atoms with E-state index in [1.807, 2.05) is 0 Å². The molecule has 0 bridgehead atoms. The average molecular weight is 316 g/mol. The molecule has 1 aromatic carbocycles. The lowest BCUT2D eigenvalue weighted by Gasteiger charge is -2.29. The normalized spacial score (nSPS) is 18.7. The molecule has 3 heteroatoms. The first-order valence-electron chi connectivity index (χ1n) is 9.04. The van der Waals surface area contributed by atoms with Gasteiger partial charge in [0.05, 0.1) is 6.04 Å². The van der Waals surface area contributed by atoms with Gasteiger partial charge in [-0.2, -0.15) is 0 Å². The van der Waals surface area contributed by atoms with Crippen LogP contribution in [-0.4, -0.2) is 19.0 Å². The van der Waals surface area contributed by atoms with Crippen molar-refractivity contribution in [1.82, 2.24) is 10.6 Å². The molecule has 2 N–H and O–H groups in total. The molecule has 1 fully saturated rings. The van der Waals surface area contributed by atoms with Gasteiger partial charge in [0.2, 0.25) is 5.91 Å². The molecule has 23 heavy (non-hydrogen) atoms. The number of piperidine rings is 1. The quantitative estimate of drug-likeness (QED) is 0.837. The Labute approximate surface area is 141 Å². The Bertz CT molecular complexity index is 506. The molecular formula is C20H32N2O. The Hall–Kier alpha value is -1.35. The van der Waals surface area contributed by atoms with Crippen LogP contribution in [0.4, 0.5) is 0 Å². The summed E-state index contributed by atoms with van der Waals surface area (Å²) < 4.78 is 0. The zero-order valence-electron chi connectivity index (χ0n) is 15.1. The molecule has 1 aliphatic rings. The third-order valence-electron chi connectivity index (χ3n) is 5.20. The number of hydrogen-bond acceptors (Lipinski definition) is 2. The SMILES string of the molecule is Cc1ccccc1C(NC(=O)CC(C)C1CCNCC1)C(C)C. The van der Waals surface area contributed by atoms with Gasteiger partial charge in [-0.05, 0) is 61.7 Å². The van der Waals surface area contributed by atoms with Gasteiger partial charge in [-0.15, -0.1) is 0 Å². The molecule has 0 aliphatic carbocycles. The van der Waals surface area contributed by atoms with E-state index in [2.05, 4.69) is 62.6 Å². The van der Waals surface area contributed by atoms with Crippen molar-refractivity contribution in [3.05, 3.63) is 35.4 Å². The Morgan fingerprint density at radius 1 is 1.22 bits per heavy atom. The topological polar surface area (TPSA) is 41.1 Å². The number of benzene rings is 1. The van der Waals surface area contributed by atoms with Gasteiger partial charge in [0, 0.05) is 6.42 Å². The largest absolute Gasteiger partial charge is 0.349 e. The maximum Gasteiger partial charge on any atom is 0.220 e.